The molecule has 0 bridgehead atoms. The summed E-state index contributed by atoms with van der Waals surface area (Å²) in [5.74, 6) is 0.909. The van der Waals surface area contributed by atoms with Crippen LogP contribution in [-0.4, -0.2) is 27.4 Å². The predicted octanol–water partition coefficient (Wildman–Crippen LogP) is 2.12. The predicted molar refractivity (Wildman–Crippen MR) is 76.5 cm³/mol. The molecule has 1 aromatic carbocycles. The van der Waals surface area contributed by atoms with E-state index in [-0.39, 0.29) is 6.10 Å². The van der Waals surface area contributed by atoms with Gasteiger partial charge in [-0.25, -0.2) is 4.98 Å². The second-order valence-corrected chi connectivity index (χ2v) is 5.14. The number of nitrogens with zero attached hydrogens (tertiary/aromatic N) is 2. The maximum Gasteiger partial charge on any atom is 0.111 e. The summed E-state index contributed by atoms with van der Waals surface area (Å²) in [6.45, 7) is 3.61. The SMILES string of the molecule is CCn1ccnc1CC(O)C1OCCc2ccccc21. The molecule has 0 spiro atoms. The molecule has 4 heteroatoms. The van der Waals surface area contributed by atoms with Gasteiger partial charge in [0.1, 0.15) is 11.9 Å². The number of ether oxygens (including phenoxy) is 1. The second-order valence-electron chi connectivity index (χ2n) is 5.14. The molecule has 0 amide bonds. The average Bonchev–Trinajstić information content (AvgIpc) is 2.93. The van der Waals surface area contributed by atoms with Gasteiger partial charge in [-0.3, -0.25) is 0 Å². The number of rotatable bonds is 4. The molecule has 1 aliphatic rings. The fourth-order valence-electron chi connectivity index (χ4n) is 2.86. The lowest BCUT2D eigenvalue weighted by atomic mass is 9.93. The average molecular weight is 272 g/mol. The Bertz CT molecular complexity index is 579. The quantitative estimate of drug-likeness (QED) is 0.927. The van der Waals surface area contributed by atoms with Gasteiger partial charge in [-0.05, 0) is 24.5 Å². The van der Waals surface area contributed by atoms with Crippen molar-refractivity contribution in [2.45, 2.75) is 38.5 Å². The highest BCUT2D eigenvalue weighted by molar-refractivity contribution is 5.31. The molecule has 0 aliphatic carbocycles. The number of hydrogen-bond donors (Lipinski definition) is 1. The van der Waals surface area contributed by atoms with Crippen LogP contribution in [0.2, 0.25) is 0 Å². The van der Waals surface area contributed by atoms with Gasteiger partial charge in [-0.15, -0.1) is 0 Å². The minimum absolute atomic E-state index is 0.248. The fourth-order valence-corrected chi connectivity index (χ4v) is 2.86. The highest BCUT2D eigenvalue weighted by Crippen LogP contribution is 2.30. The van der Waals surface area contributed by atoms with E-state index < -0.39 is 6.10 Å². The summed E-state index contributed by atoms with van der Waals surface area (Å²) in [5, 5.41) is 10.5. The first-order valence-corrected chi connectivity index (χ1v) is 7.17. The fraction of sp³-hybridized carbons (Fsp3) is 0.438. The van der Waals surface area contributed by atoms with Crippen LogP contribution in [0.1, 0.15) is 30.0 Å². The van der Waals surface area contributed by atoms with E-state index >= 15 is 0 Å². The first kappa shape index (κ1) is 13.3. The molecule has 0 fully saturated rings. The molecule has 2 unspecified atom stereocenters. The molecule has 0 radical (unpaired) electrons. The van der Waals surface area contributed by atoms with Gasteiger partial charge in [0.15, 0.2) is 0 Å². The molecule has 3 rings (SSSR count). The molecular formula is C16H20N2O2. The molecule has 1 N–H and O–H groups in total. The van der Waals surface area contributed by atoms with Crippen molar-refractivity contribution in [3.05, 3.63) is 53.6 Å². The van der Waals surface area contributed by atoms with Gasteiger partial charge in [0, 0.05) is 25.4 Å². The van der Waals surface area contributed by atoms with Gasteiger partial charge >= 0.3 is 0 Å². The Morgan fingerprint density at radius 3 is 3.15 bits per heavy atom. The Kier molecular flexibility index (Phi) is 3.85. The number of benzene rings is 1. The van der Waals surface area contributed by atoms with Crippen LogP contribution in [0.3, 0.4) is 0 Å². The van der Waals surface area contributed by atoms with Crippen LogP contribution in [0.15, 0.2) is 36.7 Å². The minimum atomic E-state index is -0.566. The van der Waals surface area contributed by atoms with E-state index in [1.54, 1.807) is 6.20 Å². The Balaban J connectivity index is 1.80. The van der Waals surface area contributed by atoms with Gasteiger partial charge in [0.2, 0.25) is 0 Å². The maximum absolute atomic E-state index is 10.5. The number of fused-ring (bicyclic) bond motifs is 1. The first-order chi connectivity index (χ1) is 9.79. The Morgan fingerprint density at radius 2 is 2.30 bits per heavy atom. The van der Waals surface area contributed by atoms with Crippen molar-refractivity contribution >= 4 is 0 Å². The molecule has 106 valence electrons. The zero-order chi connectivity index (χ0) is 13.9. The van der Waals surface area contributed by atoms with Crippen molar-refractivity contribution in [3.63, 3.8) is 0 Å². The third kappa shape index (κ3) is 2.49. The molecule has 1 aliphatic heterocycles. The lowest BCUT2D eigenvalue weighted by Gasteiger charge is -2.29. The summed E-state index contributed by atoms with van der Waals surface area (Å²) < 4.78 is 7.85. The monoisotopic (exact) mass is 272 g/mol. The number of imidazole rings is 1. The van der Waals surface area contributed by atoms with E-state index in [0.717, 1.165) is 24.4 Å². The van der Waals surface area contributed by atoms with Crippen molar-refractivity contribution in [2.75, 3.05) is 6.61 Å². The maximum atomic E-state index is 10.5. The molecule has 2 aromatic rings. The van der Waals surface area contributed by atoms with Crippen molar-refractivity contribution in [1.82, 2.24) is 9.55 Å². The van der Waals surface area contributed by atoms with Gasteiger partial charge < -0.3 is 14.4 Å². The number of hydrogen-bond acceptors (Lipinski definition) is 3. The van der Waals surface area contributed by atoms with E-state index in [0.29, 0.717) is 13.0 Å². The lowest BCUT2D eigenvalue weighted by molar-refractivity contribution is -0.0470. The lowest BCUT2D eigenvalue weighted by Crippen LogP contribution is -2.29. The molecular weight excluding hydrogens is 252 g/mol. The molecule has 0 saturated carbocycles. The van der Waals surface area contributed by atoms with Crippen LogP contribution in [0, 0.1) is 0 Å². The molecule has 20 heavy (non-hydrogen) atoms. The second kappa shape index (κ2) is 5.77. The summed E-state index contributed by atoms with van der Waals surface area (Å²) in [4.78, 5) is 4.33. The third-order valence-electron chi connectivity index (χ3n) is 3.91. The summed E-state index contributed by atoms with van der Waals surface area (Å²) in [7, 11) is 0. The van der Waals surface area contributed by atoms with Crippen LogP contribution >= 0.6 is 0 Å². The number of aryl methyl sites for hydroxylation is 1. The summed E-state index contributed by atoms with van der Waals surface area (Å²) in [5.41, 5.74) is 2.39. The van der Waals surface area contributed by atoms with E-state index in [1.807, 2.05) is 18.3 Å². The zero-order valence-electron chi connectivity index (χ0n) is 11.7. The zero-order valence-corrected chi connectivity index (χ0v) is 11.7. The normalized spacial score (nSPS) is 19.6. The Morgan fingerprint density at radius 1 is 1.45 bits per heavy atom. The number of aliphatic hydroxyl groups excluding tert-OH is 1. The van der Waals surface area contributed by atoms with E-state index in [2.05, 4.69) is 28.6 Å². The molecule has 1 aromatic heterocycles. The number of aromatic nitrogens is 2. The Hall–Kier alpha value is -1.65. The van der Waals surface area contributed by atoms with Crippen LogP contribution < -0.4 is 0 Å². The smallest absolute Gasteiger partial charge is 0.111 e. The van der Waals surface area contributed by atoms with Crippen LogP contribution in [0.4, 0.5) is 0 Å². The van der Waals surface area contributed by atoms with Gasteiger partial charge in [-0.1, -0.05) is 24.3 Å². The summed E-state index contributed by atoms with van der Waals surface area (Å²) in [6.07, 6.45) is 4.34. The first-order valence-electron chi connectivity index (χ1n) is 7.17. The standard InChI is InChI=1S/C16H20N2O2/c1-2-18-9-8-17-15(18)11-14(19)16-13-6-4-3-5-12(13)7-10-20-16/h3-6,8-9,14,16,19H,2,7,10-11H2,1H3. The van der Waals surface area contributed by atoms with E-state index in [1.165, 1.54) is 5.56 Å². The van der Waals surface area contributed by atoms with Crippen molar-refractivity contribution in [2.24, 2.45) is 0 Å². The third-order valence-corrected chi connectivity index (χ3v) is 3.91. The van der Waals surface area contributed by atoms with Crippen molar-refractivity contribution < 1.29 is 9.84 Å². The van der Waals surface area contributed by atoms with Crippen LogP contribution in [0.5, 0.6) is 0 Å². The van der Waals surface area contributed by atoms with E-state index in [9.17, 15) is 5.11 Å². The van der Waals surface area contributed by atoms with Crippen molar-refractivity contribution in [1.29, 1.82) is 0 Å². The topological polar surface area (TPSA) is 47.3 Å². The highest BCUT2D eigenvalue weighted by Gasteiger charge is 2.28. The Labute approximate surface area is 119 Å². The molecule has 0 saturated heterocycles. The molecule has 4 nitrogen and oxygen atoms in total. The van der Waals surface area contributed by atoms with Crippen molar-refractivity contribution in [3.8, 4) is 0 Å². The molecule has 2 atom stereocenters. The van der Waals surface area contributed by atoms with Gasteiger partial charge in [0.25, 0.3) is 0 Å². The van der Waals surface area contributed by atoms with E-state index in [4.69, 9.17) is 4.74 Å². The number of aliphatic hydroxyl groups is 1. The molecule has 2 heterocycles. The summed E-state index contributed by atoms with van der Waals surface area (Å²) in [6, 6.07) is 8.21. The van der Waals surface area contributed by atoms with Crippen LogP contribution in [0.25, 0.3) is 0 Å². The summed E-state index contributed by atoms with van der Waals surface area (Å²) >= 11 is 0. The largest absolute Gasteiger partial charge is 0.390 e. The van der Waals surface area contributed by atoms with Crippen LogP contribution in [-0.2, 0) is 24.1 Å². The highest BCUT2D eigenvalue weighted by atomic mass is 16.5. The van der Waals surface area contributed by atoms with Gasteiger partial charge in [-0.2, -0.15) is 0 Å². The van der Waals surface area contributed by atoms with Gasteiger partial charge in [0.05, 0.1) is 12.7 Å². The minimum Gasteiger partial charge on any atom is -0.390 e.